The van der Waals surface area contributed by atoms with E-state index in [2.05, 4.69) is 45.1 Å². The lowest BCUT2D eigenvalue weighted by atomic mass is 10.1. The second-order valence-corrected chi connectivity index (χ2v) is 7.85. The summed E-state index contributed by atoms with van der Waals surface area (Å²) >= 11 is 0. The van der Waals surface area contributed by atoms with Crippen LogP contribution in [0.5, 0.6) is 0 Å². The Balaban J connectivity index is 1.87. The summed E-state index contributed by atoms with van der Waals surface area (Å²) in [5.74, 6) is -0.376. The fourth-order valence-electron chi connectivity index (χ4n) is 3.63. The largest absolute Gasteiger partial charge is 0.378 e. The van der Waals surface area contributed by atoms with E-state index in [1.807, 2.05) is 71.3 Å². The Hall–Kier alpha value is -3.78. The minimum Gasteiger partial charge on any atom is -0.378 e. The summed E-state index contributed by atoms with van der Waals surface area (Å²) in [4.78, 5) is 14.8. The lowest BCUT2D eigenvalue weighted by Gasteiger charge is -2.15. The van der Waals surface area contributed by atoms with Crippen LogP contribution < -0.4 is 10.2 Å². The molecular formula is C26H28N4O. The minimum atomic E-state index is -0.376. The van der Waals surface area contributed by atoms with Gasteiger partial charge in [0, 0.05) is 36.9 Å². The molecule has 0 bridgehead atoms. The topological polar surface area (TPSA) is 61.1 Å². The minimum absolute atomic E-state index is 0.0889. The number of nitrogens with zero attached hydrogens (tertiary/aromatic N) is 3. The van der Waals surface area contributed by atoms with Crippen molar-refractivity contribution >= 4 is 17.7 Å². The van der Waals surface area contributed by atoms with E-state index >= 15 is 0 Å². The lowest BCUT2D eigenvalue weighted by molar-refractivity contribution is -0.117. The summed E-state index contributed by atoms with van der Waals surface area (Å²) in [6.45, 7) is 5.93. The average molecular weight is 413 g/mol. The molecule has 0 spiro atoms. The van der Waals surface area contributed by atoms with Gasteiger partial charge in [-0.3, -0.25) is 4.79 Å². The maximum atomic E-state index is 12.7. The highest BCUT2D eigenvalue weighted by atomic mass is 16.1. The first-order chi connectivity index (χ1) is 14.8. The molecule has 3 rings (SSSR count). The van der Waals surface area contributed by atoms with Crippen LogP contribution in [0.2, 0.25) is 0 Å². The maximum absolute atomic E-state index is 12.7. The van der Waals surface area contributed by atoms with Crippen LogP contribution in [0.3, 0.4) is 0 Å². The zero-order valence-electron chi connectivity index (χ0n) is 18.7. The van der Waals surface area contributed by atoms with E-state index in [4.69, 9.17) is 0 Å². The first-order valence-corrected chi connectivity index (χ1v) is 10.3. The molecule has 0 unspecified atom stereocenters. The zero-order chi connectivity index (χ0) is 22.5. The number of carbonyl (C=O) groups is 1. The van der Waals surface area contributed by atoms with Gasteiger partial charge in [0.25, 0.3) is 5.91 Å². The van der Waals surface area contributed by atoms with Crippen LogP contribution in [0, 0.1) is 25.2 Å². The Morgan fingerprint density at radius 2 is 1.74 bits per heavy atom. The highest BCUT2D eigenvalue weighted by Crippen LogP contribution is 2.24. The number of rotatable bonds is 6. The number of nitriles is 1. The van der Waals surface area contributed by atoms with Crippen molar-refractivity contribution in [3.8, 4) is 11.8 Å². The Morgan fingerprint density at radius 1 is 1.10 bits per heavy atom. The maximum Gasteiger partial charge on any atom is 0.262 e. The number of anilines is 1. The third-order valence-corrected chi connectivity index (χ3v) is 5.41. The summed E-state index contributed by atoms with van der Waals surface area (Å²) < 4.78 is 2.13. The van der Waals surface area contributed by atoms with Gasteiger partial charge in [0.15, 0.2) is 0 Å². The fraction of sp³-hybridized carbons (Fsp3) is 0.231. The van der Waals surface area contributed by atoms with Gasteiger partial charge < -0.3 is 14.8 Å². The van der Waals surface area contributed by atoms with E-state index < -0.39 is 0 Å². The van der Waals surface area contributed by atoms with Crippen molar-refractivity contribution < 1.29 is 4.79 Å². The molecule has 0 aliphatic rings. The smallest absolute Gasteiger partial charge is 0.262 e. The Kier molecular flexibility index (Phi) is 6.61. The Morgan fingerprint density at radius 3 is 2.32 bits per heavy atom. The molecule has 0 saturated carbocycles. The molecular weight excluding hydrogens is 384 g/mol. The van der Waals surface area contributed by atoms with Crippen LogP contribution in [0.15, 0.2) is 66.2 Å². The van der Waals surface area contributed by atoms with Gasteiger partial charge in [0.05, 0.1) is 6.04 Å². The van der Waals surface area contributed by atoms with Gasteiger partial charge in [-0.2, -0.15) is 5.26 Å². The zero-order valence-corrected chi connectivity index (χ0v) is 18.7. The van der Waals surface area contributed by atoms with Gasteiger partial charge in [-0.15, -0.1) is 0 Å². The molecule has 1 N–H and O–H groups in total. The second kappa shape index (κ2) is 9.36. The summed E-state index contributed by atoms with van der Waals surface area (Å²) in [5.41, 5.74) is 6.12. The molecule has 1 aromatic heterocycles. The third-order valence-electron chi connectivity index (χ3n) is 5.41. The van der Waals surface area contributed by atoms with Crippen LogP contribution in [-0.2, 0) is 4.79 Å². The molecule has 158 valence electrons. The normalized spacial score (nSPS) is 12.2. The van der Waals surface area contributed by atoms with E-state index in [0.29, 0.717) is 0 Å². The second-order valence-electron chi connectivity index (χ2n) is 7.85. The molecule has 0 aliphatic carbocycles. The van der Waals surface area contributed by atoms with E-state index in [0.717, 1.165) is 33.9 Å². The molecule has 2 aromatic carbocycles. The summed E-state index contributed by atoms with van der Waals surface area (Å²) in [6.07, 6.45) is 1.67. The highest BCUT2D eigenvalue weighted by Gasteiger charge is 2.16. The number of aromatic nitrogens is 1. The van der Waals surface area contributed by atoms with Crippen molar-refractivity contribution in [1.82, 2.24) is 9.88 Å². The first-order valence-electron chi connectivity index (χ1n) is 10.3. The number of carbonyl (C=O) groups excluding carboxylic acids is 1. The van der Waals surface area contributed by atoms with Gasteiger partial charge in [-0.05, 0) is 68.3 Å². The molecule has 3 aromatic rings. The van der Waals surface area contributed by atoms with E-state index in [-0.39, 0.29) is 17.5 Å². The molecule has 0 radical (unpaired) electrons. The van der Waals surface area contributed by atoms with Gasteiger partial charge in [0.1, 0.15) is 11.6 Å². The van der Waals surface area contributed by atoms with Crippen LogP contribution in [-0.4, -0.2) is 24.6 Å². The van der Waals surface area contributed by atoms with Gasteiger partial charge in [-0.25, -0.2) is 0 Å². The molecule has 0 saturated heterocycles. The summed E-state index contributed by atoms with van der Waals surface area (Å²) in [6, 6.07) is 21.9. The van der Waals surface area contributed by atoms with Gasteiger partial charge in [-0.1, -0.05) is 30.3 Å². The monoisotopic (exact) mass is 412 g/mol. The van der Waals surface area contributed by atoms with Crippen molar-refractivity contribution in [2.24, 2.45) is 0 Å². The first kappa shape index (κ1) is 21.9. The number of hydrogen-bond acceptors (Lipinski definition) is 3. The number of aryl methyl sites for hydroxylation is 1. The standard InChI is InChI=1S/C26H28N4O/c1-18-15-22(20(3)30(18)25-13-11-24(12-14-25)29(4)5)16-23(17-27)26(31)28-19(2)21-9-7-6-8-10-21/h6-16,19H,1-5H3,(H,28,31)/b23-16-/t19-/m1/s1. The SMILES string of the molecule is Cc1cc(/C=C(/C#N)C(=O)N[C@H](C)c2ccccc2)c(C)n1-c1ccc(N(C)C)cc1. The lowest BCUT2D eigenvalue weighted by Crippen LogP contribution is -2.27. The molecule has 0 fully saturated rings. The number of hydrogen-bond donors (Lipinski definition) is 1. The van der Waals surface area contributed by atoms with Crippen LogP contribution >= 0.6 is 0 Å². The third kappa shape index (κ3) is 4.87. The van der Waals surface area contributed by atoms with Crippen molar-refractivity contribution in [3.63, 3.8) is 0 Å². The molecule has 5 heteroatoms. The molecule has 1 amide bonds. The van der Waals surface area contributed by atoms with E-state index in [1.165, 1.54) is 0 Å². The predicted octanol–water partition coefficient (Wildman–Crippen LogP) is 4.94. The Bertz CT molecular complexity index is 1130. The molecule has 0 aliphatic heterocycles. The Labute approximate surface area is 184 Å². The predicted molar refractivity (Wildman–Crippen MR) is 126 cm³/mol. The molecule has 5 nitrogen and oxygen atoms in total. The fourth-order valence-corrected chi connectivity index (χ4v) is 3.63. The number of benzene rings is 2. The van der Waals surface area contributed by atoms with Crippen LogP contribution in [0.25, 0.3) is 11.8 Å². The van der Waals surface area contributed by atoms with Crippen molar-refractivity contribution in [2.75, 3.05) is 19.0 Å². The molecule has 1 atom stereocenters. The van der Waals surface area contributed by atoms with E-state index in [1.54, 1.807) is 6.08 Å². The number of nitrogens with one attached hydrogen (secondary N) is 1. The molecule has 31 heavy (non-hydrogen) atoms. The van der Waals surface area contributed by atoms with Gasteiger partial charge in [0.2, 0.25) is 0 Å². The van der Waals surface area contributed by atoms with Gasteiger partial charge >= 0.3 is 0 Å². The quantitative estimate of drug-likeness (QED) is 0.461. The molecule has 1 heterocycles. The average Bonchev–Trinajstić information content (AvgIpc) is 3.05. The summed E-state index contributed by atoms with van der Waals surface area (Å²) in [5, 5.41) is 12.5. The van der Waals surface area contributed by atoms with E-state index in [9.17, 15) is 10.1 Å². The van der Waals surface area contributed by atoms with Crippen LogP contribution in [0.1, 0.15) is 35.5 Å². The number of amides is 1. The van der Waals surface area contributed by atoms with Crippen molar-refractivity contribution in [1.29, 1.82) is 5.26 Å². The van der Waals surface area contributed by atoms with Crippen LogP contribution in [0.4, 0.5) is 5.69 Å². The highest BCUT2D eigenvalue weighted by molar-refractivity contribution is 6.02. The summed E-state index contributed by atoms with van der Waals surface area (Å²) in [7, 11) is 4.02. The van der Waals surface area contributed by atoms with Crippen molar-refractivity contribution in [2.45, 2.75) is 26.8 Å². The van der Waals surface area contributed by atoms with Crippen molar-refractivity contribution in [3.05, 3.63) is 88.8 Å².